The average Bonchev–Trinajstić information content (AvgIpc) is 3.80. The van der Waals surface area contributed by atoms with Crippen LogP contribution in [0, 0.1) is 0 Å². The first kappa shape index (κ1) is 32.8. The minimum Gasteiger partial charge on any atom is -0.310 e. The molecule has 0 radical (unpaired) electrons. The molecule has 2 aromatic heterocycles. The Morgan fingerprint density at radius 3 is 1.28 bits per heavy atom. The Labute approximate surface area is 331 Å². The van der Waals surface area contributed by atoms with Gasteiger partial charge in [-0.1, -0.05) is 140 Å². The van der Waals surface area contributed by atoms with Gasteiger partial charge in [-0.3, -0.25) is 0 Å². The van der Waals surface area contributed by atoms with Crippen LogP contribution in [0.2, 0.25) is 0 Å². The van der Waals surface area contributed by atoms with Crippen molar-refractivity contribution < 1.29 is 0 Å². The molecule has 3 heteroatoms. The van der Waals surface area contributed by atoms with Gasteiger partial charge in [0.2, 0.25) is 0 Å². The van der Waals surface area contributed by atoms with Crippen LogP contribution in [-0.2, 0) is 0 Å². The molecule has 0 spiro atoms. The molecule has 0 aliphatic heterocycles. The second-order valence-corrected chi connectivity index (χ2v) is 14.6. The third-order valence-electron chi connectivity index (χ3n) is 11.3. The van der Waals surface area contributed by atoms with Crippen LogP contribution < -0.4 is 4.90 Å². The molecule has 0 fully saturated rings. The van der Waals surface area contributed by atoms with Crippen molar-refractivity contribution in [2.24, 2.45) is 0 Å². The zero-order valence-electron chi connectivity index (χ0n) is 31.2. The highest BCUT2D eigenvalue weighted by Crippen LogP contribution is 2.41. The Morgan fingerprint density at radius 1 is 0.246 bits per heavy atom. The molecular weight excluding hydrogens is 691 g/mol. The summed E-state index contributed by atoms with van der Waals surface area (Å²) in [5, 5.41) is 4.99. The molecule has 2 heterocycles. The Balaban J connectivity index is 1.01. The van der Waals surface area contributed by atoms with Crippen molar-refractivity contribution in [1.29, 1.82) is 0 Å². The number of nitrogens with zero attached hydrogens (tertiary/aromatic N) is 3. The lowest BCUT2D eigenvalue weighted by Crippen LogP contribution is -2.10. The number of para-hydroxylation sites is 4. The van der Waals surface area contributed by atoms with Gasteiger partial charge >= 0.3 is 0 Å². The lowest BCUT2D eigenvalue weighted by molar-refractivity contribution is 1.18. The predicted octanol–water partition coefficient (Wildman–Crippen LogP) is 14.7. The van der Waals surface area contributed by atoms with Gasteiger partial charge in [0.1, 0.15) is 0 Å². The Morgan fingerprint density at radius 2 is 0.667 bits per heavy atom. The Kier molecular flexibility index (Phi) is 7.82. The number of rotatable bonds is 7. The SMILES string of the molecule is c1ccc(-c2cccc(N(c3ccc(-c4ccc(-n5c6ccccc6c6ccccc65)cc4)cc3)c3ccc4c(c3)c3ccccc3n4-c3ccccc3)c2)cc1. The maximum atomic E-state index is 2.38. The van der Waals surface area contributed by atoms with Crippen LogP contribution in [0.15, 0.2) is 224 Å². The van der Waals surface area contributed by atoms with Crippen LogP contribution >= 0.6 is 0 Å². The molecule has 11 aromatic rings. The van der Waals surface area contributed by atoms with E-state index < -0.39 is 0 Å². The first-order chi connectivity index (χ1) is 28.3. The number of aromatic nitrogens is 2. The van der Waals surface area contributed by atoms with E-state index in [0.717, 1.165) is 28.4 Å². The third kappa shape index (κ3) is 5.60. The normalized spacial score (nSPS) is 11.5. The monoisotopic (exact) mass is 727 g/mol. The van der Waals surface area contributed by atoms with E-state index in [1.807, 2.05) is 0 Å². The van der Waals surface area contributed by atoms with Gasteiger partial charge in [0.05, 0.1) is 22.1 Å². The molecule has 0 bridgehead atoms. The molecule has 268 valence electrons. The lowest BCUT2D eigenvalue weighted by Gasteiger charge is -2.26. The van der Waals surface area contributed by atoms with Crippen molar-refractivity contribution in [1.82, 2.24) is 9.13 Å². The van der Waals surface area contributed by atoms with E-state index in [0.29, 0.717) is 0 Å². The van der Waals surface area contributed by atoms with Crippen LogP contribution in [0.1, 0.15) is 0 Å². The van der Waals surface area contributed by atoms with E-state index in [-0.39, 0.29) is 0 Å². The summed E-state index contributed by atoms with van der Waals surface area (Å²) in [6, 6.07) is 81.1. The van der Waals surface area contributed by atoms with Gasteiger partial charge in [-0.05, 0) is 107 Å². The molecule has 0 N–H and O–H groups in total. The van der Waals surface area contributed by atoms with E-state index >= 15 is 0 Å². The van der Waals surface area contributed by atoms with Crippen molar-refractivity contribution in [3.05, 3.63) is 224 Å². The molecular formula is C54H37N3. The maximum absolute atomic E-state index is 2.38. The zero-order valence-corrected chi connectivity index (χ0v) is 31.2. The van der Waals surface area contributed by atoms with Gasteiger partial charge < -0.3 is 14.0 Å². The molecule has 11 rings (SSSR count). The molecule has 9 aromatic carbocycles. The predicted molar refractivity (Wildman–Crippen MR) is 241 cm³/mol. The fourth-order valence-electron chi connectivity index (χ4n) is 8.66. The Bertz CT molecular complexity index is 3160. The summed E-state index contributed by atoms with van der Waals surface area (Å²) >= 11 is 0. The molecule has 0 atom stereocenters. The fraction of sp³-hybridized carbons (Fsp3) is 0. The molecule has 0 aliphatic rings. The first-order valence-corrected chi connectivity index (χ1v) is 19.5. The van der Waals surface area contributed by atoms with Crippen LogP contribution in [0.25, 0.3) is 77.2 Å². The first-order valence-electron chi connectivity index (χ1n) is 19.5. The molecule has 3 nitrogen and oxygen atoms in total. The standard InChI is InChI=1S/C54H37N3/c1-3-14-38(15-4-1)41-16-13-19-45(36-41)55(46-34-35-54-50(37-46)49-22-9-12-25-53(49)56(54)42-17-5-2-6-18-42)43-30-26-39(27-31-43)40-28-32-44(33-29-40)57-51-23-10-7-20-47(51)48-21-8-11-24-52(48)57/h1-37H. The Hall–Kier alpha value is -7.62. The van der Waals surface area contributed by atoms with Crippen LogP contribution in [0.3, 0.4) is 0 Å². The number of hydrogen-bond donors (Lipinski definition) is 0. The lowest BCUT2D eigenvalue weighted by atomic mass is 10.0. The summed E-state index contributed by atoms with van der Waals surface area (Å²) in [6.07, 6.45) is 0. The fourth-order valence-corrected chi connectivity index (χ4v) is 8.66. The van der Waals surface area contributed by atoms with Gasteiger partial charge in [-0.15, -0.1) is 0 Å². The van der Waals surface area contributed by atoms with Gasteiger partial charge in [0.15, 0.2) is 0 Å². The molecule has 0 saturated heterocycles. The maximum Gasteiger partial charge on any atom is 0.0542 e. The van der Waals surface area contributed by atoms with Crippen molar-refractivity contribution in [2.75, 3.05) is 4.90 Å². The quantitative estimate of drug-likeness (QED) is 0.159. The van der Waals surface area contributed by atoms with Crippen LogP contribution in [-0.4, -0.2) is 9.13 Å². The topological polar surface area (TPSA) is 13.1 Å². The van der Waals surface area contributed by atoms with Crippen molar-refractivity contribution in [3.63, 3.8) is 0 Å². The zero-order chi connectivity index (χ0) is 37.7. The van der Waals surface area contributed by atoms with Gasteiger partial charge in [0.25, 0.3) is 0 Å². The van der Waals surface area contributed by atoms with Gasteiger partial charge in [0, 0.05) is 50.0 Å². The molecule has 0 unspecified atom stereocenters. The van der Waals surface area contributed by atoms with E-state index in [2.05, 4.69) is 238 Å². The summed E-state index contributed by atoms with van der Waals surface area (Å²) < 4.78 is 4.74. The van der Waals surface area contributed by atoms with Crippen LogP contribution in [0.5, 0.6) is 0 Å². The number of hydrogen-bond acceptors (Lipinski definition) is 1. The highest BCUT2D eigenvalue weighted by molar-refractivity contribution is 6.11. The molecule has 57 heavy (non-hydrogen) atoms. The summed E-state index contributed by atoms with van der Waals surface area (Å²) in [5.74, 6) is 0. The average molecular weight is 728 g/mol. The van der Waals surface area contributed by atoms with Crippen molar-refractivity contribution in [2.45, 2.75) is 0 Å². The number of benzene rings is 9. The highest BCUT2D eigenvalue weighted by atomic mass is 15.1. The summed E-state index contributed by atoms with van der Waals surface area (Å²) in [4.78, 5) is 2.38. The third-order valence-corrected chi connectivity index (χ3v) is 11.3. The van der Waals surface area contributed by atoms with Gasteiger partial charge in [-0.2, -0.15) is 0 Å². The molecule has 0 saturated carbocycles. The van der Waals surface area contributed by atoms with E-state index in [1.54, 1.807) is 0 Å². The summed E-state index contributed by atoms with van der Waals surface area (Å²) in [5.41, 5.74) is 15.2. The van der Waals surface area contributed by atoms with Gasteiger partial charge in [-0.25, -0.2) is 0 Å². The second-order valence-electron chi connectivity index (χ2n) is 14.6. The minimum absolute atomic E-state index is 1.09. The molecule has 0 aliphatic carbocycles. The highest BCUT2D eigenvalue weighted by Gasteiger charge is 2.18. The van der Waals surface area contributed by atoms with E-state index in [9.17, 15) is 0 Å². The number of anilines is 3. The van der Waals surface area contributed by atoms with Crippen molar-refractivity contribution >= 4 is 60.7 Å². The molecule has 0 amide bonds. The smallest absolute Gasteiger partial charge is 0.0542 e. The van der Waals surface area contributed by atoms with E-state index in [4.69, 9.17) is 0 Å². The summed E-state index contributed by atoms with van der Waals surface area (Å²) in [6.45, 7) is 0. The van der Waals surface area contributed by atoms with Crippen molar-refractivity contribution in [3.8, 4) is 33.6 Å². The second kappa shape index (κ2) is 13.6. The number of fused-ring (bicyclic) bond motifs is 6. The largest absolute Gasteiger partial charge is 0.310 e. The van der Waals surface area contributed by atoms with E-state index in [1.165, 1.54) is 65.9 Å². The summed E-state index contributed by atoms with van der Waals surface area (Å²) in [7, 11) is 0. The van der Waals surface area contributed by atoms with Crippen LogP contribution in [0.4, 0.5) is 17.1 Å². The minimum atomic E-state index is 1.09.